The Morgan fingerprint density at radius 2 is 1.83 bits per heavy atom. The van der Waals surface area contributed by atoms with E-state index < -0.39 is 30.0 Å². The molecule has 1 atom stereocenters. The molecule has 0 radical (unpaired) electrons. The Bertz CT molecular complexity index is 1010. The highest BCUT2D eigenvalue weighted by atomic mass is 19.4. The molecule has 0 aromatic heterocycles. The Kier molecular flexibility index (Phi) is 4.89. The minimum Gasteiger partial charge on any atom is -0.454 e. The van der Waals surface area contributed by atoms with Gasteiger partial charge in [0.1, 0.15) is 5.82 Å². The fourth-order valence-corrected chi connectivity index (χ4v) is 3.29. The Morgan fingerprint density at radius 1 is 1.13 bits per heavy atom. The maximum absolute atomic E-state index is 13.6. The molecule has 158 valence electrons. The number of ether oxygens (including phenoxy) is 2. The zero-order valence-electron chi connectivity index (χ0n) is 15.4. The normalized spacial score (nSPS) is 20.4. The zero-order chi connectivity index (χ0) is 21.5. The smallest absolute Gasteiger partial charge is 0.438 e. The van der Waals surface area contributed by atoms with Crippen LogP contribution in [0.1, 0.15) is 24.0 Å². The molecule has 2 heterocycles. The van der Waals surface area contributed by atoms with Crippen molar-refractivity contribution in [2.24, 2.45) is 5.10 Å². The van der Waals surface area contributed by atoms with Gasteiger partial charge in [-0.3, -0.25) is 4.79 Å². The number of hydrogen-bond donors (Lipinski definition) is 1. The fourth-order valence-electron chi connectivity index (χ4n) is 3.29. The highest BCUT2D eigenvalue weighted by molar-refractivity contribution is 6.03. The van der Waals surface area contributed by atoms with Crippen LogP contribution in [0.4, 0.5) is 17.6 Å². The van der Waals surface area contributed by atoms with E-state index in [-0.39, 0.29) is 35.9 Å². The summed E-state index contributed by atoms with van der Waals surface area (Å²) in [6.07, 6.45) is -6.29. The maximum Gasteiger partial charge on any atom is 0.438 e. The van der Waals surface area contributed by atoms with E-state index in [2.05, 4.69) is 5.10 Å². The van der Waals surface area contributed by atoms with Gasteiger partial charge >= 0.3 is 6.18 Å². The average molecular weight is 424 g/mol. The first-order chi connectivity index (χ1) is 14.2. The van der Waals surface area contributed by atoms with E-state index in [0.29, 0.717) is 17.1 Å². The van der Waals surface area contributed by atoms with E-state index in [1.807, 2.05) is 0 Å². The van der Waals surface area contributed by atoms with Crippen molar-refractivity contribution in [3.05, 3.63) is 59.4 Å². The molecular weight excluding hydrogens is 408 g/mol. The zero-order valence-corrected chi connectivity index (χ0v) is 15.4. The largest absolute Gasteiger partial charge is 0.454 e. The van der Waals surface area contributed by atoms with Crippen molar-refractivity contribution in [3.8, 4) is 11.5 Å². The number of halogens is 4. The van der Waals surface area contributed by atoms with Crippen LogP contribution >= 0.6 is 0 Å². The van der Waals surface area contributed by atoms with E-state index in [4.69, 9.17) is 9.47 Å². The summed E-state index contributed by atoms with van der Waals surface area (Å²) in [5.74, 6) is -0.529. The van der Waals surface area contributed by atoms with Crippen molar-refractivity contribution < 1.29 is 36.9 Å². The molecule has 1 amide bonds. The molecule has 0 unspecified atom stereocenters. The van der Waals surface area contributed by atoms with E-state index in [9.17, 15) is 27.5 Å². The van der Waals surface area contributed by atoms with Gasteiger partial charge in [-0.05, 0) is 41.8 Å². The molecule has 6 nitrogen and oxygen atoms in total. The lowest BCUT2D eigenvalue weighted by atomic mass is 10.0. The van der Waals surface area contributed by atoms with Gasteiger partial charge in [0.25, 0.3) is 5.72 Å². The van der Waals surface area contributed by atoms with E-state index in [1.54, 1.807) is 18.2 Å². The van der Waals surface area contributed by atoms with E-state index in [0.717, 1.165) is 12.1 Å². The lowest BCUT2D eigenvalue weighted by Crippen LogP contribution is -2.56. The third-order valence-corrected chi connectivity index (χ3v) is 4.92. The lowest BCUT2D eigenvalue weighted by Gasteiger charge is -2.32. The molecule has 4 rings (SSSR count). The molecule has 2 aromatic carbocycles. The number of hydrogen-bond acceptors (Lipinski definition) is 5. The van der Waals surface area contributed by atoms with Gasteiger partial charge in [0.15, 0.2) is 11.5 Å². The van der Waals surface area contributed by atoms with Crippen LogP contribution in [-0.4, -0.2) is 40.4 Å². The van der Waals surface area contributed by atoms with Crippen molar-refractivity contribution in [3.63, 3.8) is 0 Å². The van der Waals surface area contributed by atoms with Crippen molar-refractivity contribution in [2.75, 3.05) is 6.79 Å². The maximum atomic E-state index is 13.6. The number of fused-ring (bicyclic) bond motifs is 1. The number of nitrogens with zero attached hydrogens (tertiary/aromatic N) is 2. The topological polar surface area (TPSA) is 71.4 Å². The van der Waals surface area contributed by atoms with Gasteiger partial charge < -0.3 is 14.6 Å². The Morgan fingerprint density at radius 3 is 2.53 bits per heavy atom. The Labute approximate surface area is 168 Å². The fraction of sp³-hybridized carbons (Fsp3) is 0.300. The van der Waals surface area contributed by atoms with Gasteiger partial charge in [-0.15, -0.1) is 0 Å². The quantitative estimate of drug-likeness (QED) is 0.764. The van der Waals surface area contributed by atoms with Crippen LogP contribution in [0.15, 0.2) is 47.6 Å². The van der Waals surface area contributed by atoms with Crippen LogP contribution in [0.5, 0.6) is 11.5 Å². The van der Waals surface area contributed by atoms with Crippen LogP contribution in [0.3, 0.4) is 0 Å². The predicted molar refractivity (Wildman–Crippen MR) is 96.3 cm³/mol. The van der Waals surface area contributed by atoms with Crippen molar-refractivity contribution in [2.45, 2.75) is 31.2 Å². The van der Waals surface area contributed by atoms with Gasteiger partial charge in [0, 0.05) is 6.42 Å². The SMILES string of the molecule is O=C(CCc1ccc2c(c1)OCO2)N1N=C(c2ccc(F)cc2)C[C@@]1(O)C(F)(F)F. The number of hydrazone groups is 1. The number of aliphatic hydroxyl groups is 1. The number of alkyl halides is 3. The molecule has 2 aromatic rings. The van der Waals surface area contributed by atoms with Gasteiger partial charge in [0.05, 0.1) is 12.1 Å². The number of carbonyl (C=O) groups is 1. The van der Waals surface area contributed by atoms with Crippen molar-refractivity contribution in [1.82, 2.24) is 5.01 Å². The molecule has 0 bridgehead atoms. The second kappa shape index (κ2) is 7.28. The van der Waals surface area contributed by atoms with Gasteiger partial charge in [-0.25, -0.2) is 4.39 Å². The average Bonchev–Trinajstić information content (AvgIpc) is 3.31. The second-order valence-corrected chi connectivity index (χ2v) is 6.94. The summed E-state index contributed by atoms with van der Waals surface area (Å²) < 4.78 is 64.4. The lowest BCUT2D eigenvalue weighted by molar-refractivity contribution is -0.302. The molecule has 0 saturated carbocycles. The number of rotatable bonds is 4. The van der Waals surface area contributed by atoms with Gasteiger partial charge in [-0.1, -0.05) is 18.2 Å². The third-order valence-electron chi connectivity index (χ3n) is 4.92. The van der Waals surface area contributed by atoms with Crippen molar-refractivity contribution in [1.29, 1.82) is 0 Å². The van der Waals surface area contributed by atoms with Gasteiger partial charge in [0.2, 0.25) is 12.7 Å². The van der Waals surface area contributed by atoms with Crippen molar-refractivity contribution >= 4 is 11.6 Å². The molecule has 30 heavy (non-hydrogen) atoms. The number of amides is 1. The molecule has 0 spiro atoms. The highest BCUT2D eigenvalue weighted by Crippen LogP contribution is 2.42. The summed E-state index contributed by atoms with van der Waals surface area (Å²) in [6.45, 7) is 0.0744. The first kappa shape index (κ1) is 20.1. The summed E-state index contributed by atoms with van der Waals surface area (Å²) >= 11 is 0. The summed E-state index contributed by atoms with van der Waals surface area (Å²) in [5, 5.41) is 14.1. The van der Waals surface area contributed by atoms with E-state index >= 15 is 0 Å². The molecular formula is C20H16F4N2O4. The monoisotopic (exact) mass is 424 g/mol. The van der Waals surface area contributed by atoms with E-state index in [1.165, 1.54) is 12.1 Å². The number of carbonyl (C=O) groups excluding carboxylic acids is 1. The summed E-state index contributed by atoms with van der Waals surface area (Å²) in [6, 6.07) is 9.58. The molecule has 2 aliphatic rings. The van der Waals surface area contributed by atoms with Gasteiger partial charge in [-0.2, -0.15) is 23.3 Å². The minimum absolute atomic E-state index is 0.0744. The first-order valence-electron chi connectivity index (χ1n) is 9.01. The molecule has 0 saturated heterocycles. The molecule has 10 heteroatoms. The predicted octanol–water partition coefficient (Wildman–Crippen LogP) is 3.37. The first-order valence-corrected chi connectivity index (χ1v) is 9.01. The van der Waals surface area contributed by atoms with Crippen LogP contribution in [0.2, 0.25) is 0 Å². The molecule has 1 N–H and O–H groups in total. The summed E-state index contributed by atoms with van der Waals surface area (Å²) in [5.41, 5.74) is -2.79. The van der Waals surface area contributed by atoms with Crippen LogP contribution in [0.25, 0.3) is 0 Å². The summed E-state index contributed by atoms with van der Waals surface area (Å²) in [4.78, 5) is 12.6. The third kappa shape index (κ3) is 3.58. The van der Waals surface area contributed by atoms with Crippen LogP contribution in [0, 0.1) is 5.82 Å². The molecule has 0 fully saturated rings. The second-order valence-electron chi connectivity index (χ2n) is 6.94. The van der Waals surface area contributed by atoms with Crippen LogP contribution < -0.4 is 9.47 Å². The van der Waals surface area contributed by atoms with Crippen LogP contribution in [-0.2, 0) is 11.2 Å². The highest BCUT2D eigenvalue weighted by Gasteiger charge is 2.63. The number of benzene rings is 2. The Hall–Kier alpha value is -3.14. The molecule has 0 aliphatic carbocycles. The Balaban J connectivity index is 1.55. The standard InChI is InChI=1S/C20H16F4N2O4/c21-14-5-3-13(4-6-14)15-10-19(28,20(22,23)24)26(25-15)18(27)8-2-12-1-7-16-17(9-12)30-11-29-16/h1,3-7,9,28H,2,8,10-11H2/t19-/m1/s1. The molecule has 2 aliphatic heterocycles. The number of aryl methyl sites for hydroxylation is 1. The summed E-state index contributed by atoms with van der Waals surface area (Å²) in [7, 11) is 0. The minimum atomic E-state index is -5.13.